The summed E-state index contributed by atoms with van der Waals surface area (Å²) in [4.78, 5) is 33.5. The van der Waals surface area contributed by atoms with Gasteiger partial charge in [-0.2, -0.15) is 0 Å². The maximum atomic E-state index is 12.6. The molecule has 0 bridgehead atoms. The average Bonchev–Trinajstić information content (AvgIpc) is 3.19. The highest BCUT2D eigenvalue weighted by Crippen LogP contribution is 2.40. The van der Waals surface area contributed by atoms with Crippen LogP contribution in [0, 0.1) is 6.92 Å². The number of aryl methyl sites for hydroxylation is 2. The molecule has 4 rings (SSSR count). The Bertz CT molecular complexity index is 980. The molecule has 0 radical (unpaired) electrons. The molecule has 3 aromatic heterocycles. The van der Waals surface area contributed by atoms with Gasteiger partial charge in [0, 0.05) is 24.0 Å². The third kappa shape index (κ3) is 2.44. The first-order chi connectivity index (χ1) is 11.0. The van der Waals surface area contributed by atoms with Crippen molar-refractivity contribution < 1.29 is 4.79 Å². The number of rotatable bonds is 3. The highest BCUT2D eigenvalue weighted by Gasteiger charge is 2.26. The Labute approximate surface area is 135 Å². The lowest BCUT2D eigenvalue weighted by atomic mass is 10.1. The molecule has 2 N–H and O–H groups in total. The molecule has 1 fully saturated rings. The van der Waals surface area contributed by atoms with Gasteiger partial charge < -0.3 is 0 Å². The van der Waals surface area contributed by atoms with Crippen LogP contribution < -0.4 is 10.9 Å². The predicted octanol–water partition coefficient (Wildman–Crippen LogP) is 2.16. The van der Waals surface area contributed by atoms with Gasteiger partial charge >= 0.3 is 0 Å². The van der Waals surface area contributed by atoms with Crippen LogP contribution in [0.25, 0.3) is 11.0 Å². The van der Waals surface area contributed by atoms with Gasteiger partial charge in [-0.25, -0.2) is 9.97 Å². The summed E-state index contributed by atoms with van der Waals surface area (Å²) in [6.07, 6.45) is 2.33. The van der Waals surface area contributed by atoms with Gasteiger partial charge in [0.15, 0.2) is 10.8 Å². The summed E-state index contributed by atoms with van der Waals surface area (Å²) < 4.78 is 1.52. The summed E-state index contributed by atoms with van der Waals surface area (Å²) in [7, 11) is 1.70. The molecular weight excluding hydrogens is 314 g/mol. The minimum absolute atomic E-state index is 0.301. The topological polar surface area (TPSA) is 92.7 Å². The molecule has 0 atom stereocenters. The number of fused-ring (bicyclic) bond motifs is 1. The lowest BCUT2D eigenvalue weighted by Gasteiger charge is -2.04. The number of thiazole rings is 1. The Kier molecular flexibility index (Phi) is 3.08. The van der Waals surface area contributed by atoms with Crippen LogP contribution in [0.1, 0.15) is 40.5 Å². The molecule has 1 saturated carbocycles. The van der Waals surface area contributed by atoms with Crippen LogP contribution >= 0.6 is 11.3 Å². The summed E-state index contributed by atoms with van der Waals surface area (Å²) >= 11 is 1.41. The fourth-order valence-corrected chi connectivity index (χ4v) is 3.43. The van der Waals surface area contributed by atoms with Gasteiger partial charge in [0.05, 0.1) is 16.6 Å². The monoisotopic (exact) mass is 329 g/mol. The Morgan fingerprint density at radius 1 is 1.43 bits per heavy atom. The molecular formula is C15H15N5O2S. The van der Waals surface area contributed by atoms with Crippen LogP contribution in [0.5, 0.6) is 0 Å². The van der Waals surface area contributed by atoms with Crippen LogP contribution in [-0.2, 0) is 7.05 Å². The van der Waals surface area contributed by atoms with Crippen molar-refractivity contribution in [1.82, 2.24) is 19.7 Å². The highest BCUT2D eigenvalue weighted by molar-refractivity contribution is 7.14. The second-order valence-corrected chi connectivity index (χ2v) is 6.67. The molecule has 1 amide bonds. The minimum Gasteiger partial charge on any atom is -0.298 e. The van der Waals surface area contributed by atoms with Crippen molar-refractivity contribution >= 4 is 33.4 Å². The van der Waals surface area contributed by atoms with Crippen LogP contribution in [0.15, 0.2) is 16.2 Å². The molecule has 23 heavy (non-hydrogen) atoms. The van der Waals surface area contributed by atoms with Crippen molar-refractivity contribution in [2.75, 3.05) is 5.32 Å². The fourth-order valence-electron chi connectivity index (χ4n) is 2.64. The molecule has 0 saturated heterocycles. The molecule has 1 aliphatic rings. The van der Waals surface area contributed by atoms with Crippen LogP contribution in [0.2, 0.25) is 0 Å². The van der Waals surface area contributed by atoms with Crippen LogP contribution in [-0.4, -0.2) is 25.7 Å². The summed E-state index contributed by atoms with van der Waals surface area (Å²) in [5.74, 6) is 0.206. The van der Waals surface area contributed by atoms with E-state index in [1.165, 1.54) is 28.9 Å². The van der Waals surface area contributed by atoms with Gasteiger partial charge in [-0.3, -0.25) is 24.7 Å². The normalized spacial score (nSPS) is 14.3. The molecule has 0 aromatic carbocycles. The quantitative estimate of drug-likeness (QED) is 0.770. The van der Waals surface area contributed by atoms with E-state index >= 15 is 0 Å². The van der Waals surface area contributed by atoms with Gasteiger partial charge in [-0.05, 0) is 25.8 Å². The lowest BCUT2D eigenvalue weighted by Crippen LogP contribution is -2.15. The van der Waals surface area contributed by atoms with Crippen molar-refractivity contribution in [2.24, 2.45) is 7.05 Å². The van der Waals surface area contributed by atoms with Gasteiger partial charge in [0.1, 0.15) is 0 Å². The maximum absolute atomic E-state index is 12.6. The minimum atomic E-state index is -0.339. The Morgan fingerprint density at radius 3 is 2.96 bits per heavy atom. The van der Waals surface area contributed by atoms with Gasteiger partial charge in [0.2, 0.25) is 0 Å². The van der Waals surface area contributed by atoms with E-state index in [0.29, 0.717) is 33.3 Å². The number of nitrogens with zero attached hydrogens (tertiary/aromatic N) is 3. The standard InChI is InChI=1S/C15H15N5O2S/c1-7-5-9(11-12(16-7)20(2)19-14(11)22)13(21)18-15-17-10(6-23-15)8-3-4-8/h5-6,8H,3-4H2,1-2H3,(H,19,22)(H,17,18,21). The molecule has 0 unspecified atom stereocenters. The number of H-pyrrole nitrogens is 1. The van der Waals surface area contributed by atoms with Gasteiger partial charge in [-0.15, -0.1) is 11.3 Å². The molecule has 7 nitrogen and oxygen atoms in total. The summed E-state index contributed by atoms with van der Waals surface area (Å²) in [6, 6.07) is 1.63. The van der Waals surface area contributed by atoms with Crippen molar-refractivity contribution in [1.29, 1.82) is 0 Å². The highest BCUT2D eigenvalue weighted by atomic mass is 32.1. The van der Waals surface area contributed by atoms with E-state index in [1.54, 1.807) is 20.0 Å². The predicted molar refractivity (Wildman–Crippen MR) is 88.1 cm³/mol. The number of carbonyl (C=O) groups excluding carboxylic acids is 1. The third-order valence-corrected chi connectivity index (χ3v) is 4.70. The third-order valence-electron chi connectivity index (χ3n) is 3.93. The van der Waals surface area contributed by atoms with E-state index in [1.807, 2.05) is 5.38 Å². The number of anilines is 1. The summed E-state index contributed by atoms with van der Waals surface area (Å²) in [5, 5.41) is 8.28. The number of aromatic amines is 1. The zero-order valence-corrected chi connectivity index (χ0v) is 13.5. The number of amides is 1. The molecule has 0 aliphatic heterocycles. The number of hydrogen-bond acceptors (Lipinski definition) is 5. The van der Waals surface area contributed by atoms with E-state index in [0.717, 1.165) is 5.69 Å². The Morgan fingerprint density at radius 2 is 2.22 bits per heavy atom. The molecule has 3 aromatic rings. The van der Waals surface area contributed by atoms with Gasteiger partial charge in [0.25, 0.3) is 11.5 Å². The number of hydrogen-bond donors (Lipinski definition) is 2. The largest absolute Gasteiger partial charge is 0.298 e. The molecule has 118 valence electrons. The van der Waals surface area contributed by atoms with E-state index in [-0.39, 0.29) is 11.5 Å². The molecule has 1 aliphatic carbocycles. The van der Waals surface area contributed by atoms with Crippen molar-refractivity contribution in [2.45, 2.75) is 25.7 Å². The van der Waals surface area contributed by atoms with E-state index < -0.39 is 0 Å². The van der Waals surface area contributed by atoms with Crippen molar-refractivity contribution in [3.05, 3.63) is 38.8 Å². The van der Waals surface area contributed by atoms with E-state index in [2.05, 4.69) is 20.4 Å². The molecule has 8 heteroatoms. The van der Waals surface area contributed by atoms with Crippen LogP contribution in [0.4, 0.5) is 5.13 Å². The SMILES string of the molecule is Cc1cc(C(=O)Nc2nc(C3CC3)cs2)c2c(=O)[nH]n(C)c2n1. The van der Waals surface area contributed by atoms with E-state index in [4.69, 9.17) is 0 Å². The smallest absolute Gasteiger partial charge is 0.274 e. The fraction of sp³-hybridized carbons (Fsp3) is 0.333. The number of aromatic nitrogens is 4. The van der Waals surface area contributed by atoms with Crippen molar-refractivity contribution in [3.8, 4) is 0 Å². The Hall–Kier alpha value is -2.48. The first kappa shape index (κ1) is 14.1. The zero-order valence-electron chi connectivity index (χ0n) is 12.7. The second-order valence-electron chi connectivity index (χ2n) is 5.82. The van der Waals surface area contributed by atoms with Crippen molar-refractivity contribution in [3.63, 3.8) is 0 Å². The Balaban J connectivity index is 1.72. The van der Waals surface area contributed by atoms with Crippen LogP contribution in [0.3, 0.4) is 0 Å². The number of pyridine rings is 1. The number of carbonyl (C=O) groups is 1. The zero-order chi connectivity index (χ0) is 16.1. The first-order valence-corrected chi connectivity index (χ1v) is 8.24. The van der Waals surface area contributed by atoms with E-state index in [9.17, 15) is 9.59 Å². The maximum Gasteiger partial charge on any atom is 0.274 e. The van der Waals surface area contributed by atoms with Gasteiger partial charge in [-0.1, -0.05) is 0 Å². The first-order valence-electron chi connectivity index (χ1n) is 7.36. The number of nitrogens with one attached hydrogen (secondary N) is 2. The second kappa shape index (κ2) is 5.02. The lowest BCUT2D eigenvalue weighted by molar-refractivity contribution is 0.102. The summed E-state index contributed by atoms with van der Waals surface area (Å²) in [6.45, 7) is 1.79. The molecule has 3 heterocycles. The summed E-state index contributed by atoms with van der Waals surface area (Å²) in [5.41, 5.74) is 2.18. The average molecular weight is 329 g/mol. The molecule has 0 spiro atoms.